The van der Waals surface area contributed by atoms with E-state index >= 15 is 0 Å². The van der Waals surface area contributed by atoms with Crippen molar-refractivity contribution in [2.75, 3.05) is 6.54 Å². The van der Waals surface area contributed by atoms with Crippen LogP contribution in [0.3, 0.4) is 0 Å². The van der Waals surface area contributed by atoms with Crippen LogP contribution in [0.2, 0.25) is 0 Å². The summed E-state index contributed by atoms with van der Waals surface area (Å²) in [6.45, 7) is 4.28. The first-order valence-electron chi connectivity index (χ1n) is 13.0. The molecule has 3 N–H and O–H groups in total. The van der Waals surface area contributed by atoms with E-state index in [2.05, 4.69) is 29.9 Å². The molecule has 0 bridgehead atoms. The van der Waals surface area contributed by atoms with Crippen LogP contribution in [0.5, 0.6) is 0 Å². The van der Waals surface area contributed by atoms with Crippen LogP contribution in [0.15, 0.2) is 41.5 Å². The summed E-state index contributed by atoms with van der Waals surface area (Å²) in [6, 6.07) is 4.65. The first-order valence-corrected chi connectivity index (χ1v) is 13.0. The van der Waals surface area contributed by atoms with Crippen LogP contribution < -0.4 is 5.56 Å². The molecular weight excluding hydrogens is 516 g/mol. The first-order chi connectivity index (χ1) is 18.4. The average molecular weight is 547 g/mol. The fourth-order valence-corrected chi connectivity index (χ4v) is 5.28. The van der Waals surface area contributed by atoms with Crippen LogP contribution in [0.4, 0.5) is 17.6 Å². The molecule has 7 nitrogen and oxygen atoms in total. The lowest BCUT2D eigenvalue weighted by Crippen LogP contribution is -2.41. The highest BCUT2D eigenvalue weighted by Gasteiger charge is 2.49. The lowest BCUT2D eigenvalue weighted by molar-refractivity contribution is -0.140. The summed E-state index contributed by atoms with van der Waals surface area (Å²) in [6.07, 6.45) is -2.49. The van der Waals surface area contributed by atoms with Crippen molar-refractivity contribution in [1.29, 1.82) is 0 Å². The van der Waals surface area contributed by atoms with Crippen LogP contribution in [0.25, 0.3) is 0 Å². The number of nitrogens with one attached hydrogen (secondary N) is 1. The van der Waals surface area contributed by atoms with Gasteiger partial charge in [0.05, 0.1) is 22.2 Å². The zero-order valence-corrected chi connectivity index (χ0v) is 21.6. The van der Waals surface area contributed by atoms with Gasteiger partial charge in [0.15, 0.2) is 0 Å². The van der Waals surface area contributed by atoms with Gasteiger partial charge in [-0.2, -0.15) is 13.2 Å². The van der Waals surface area contributed by atoms with Gasteiger partial charge in [0.2, 0.25) is 0 Å². The minimum Gasteiger partial charge on any atom is -0.384 e. The van der Waals surface area contributed by atoms with Crippen molar-refractivity contribution in [2.45, 2.75) is 75.9 Å². The Kier molecular flexibility index (Phi) is 7.11. The Morgan fingerprint density at radius 3 is 2.56 bits per heavy atom. The van der Waals surface area contributed by atoms with Crippen molar-refractivity contribution in [1.82, 2.24) is 19.9 Å². The van der Waals surface area contributed by atoms with Crippen molar-refractivity contribution in [3.05, 3.63) is 92.2 Å². The molecule has 2 atom stereocenters. The highest BCUT2D eigenvalue weighted by molar-refractivity contribution is 5.41. The number of aromatic amines is 1. The van der Waals surface area contributed by atoms with Gasteiger partial charge in [0, 0.05) is 31.0 Å². The molecule has 0 spiro atoms. The molecule has 0 saturated heterocycles. The number of pyridine rings is 1. The van der Waals surface area contributed by atoms with E-state index < -0.39 is 40.9 Å². The summed E-state index contributed by atoms with van der Waals surface area (Å²) in [7, 11) is 0. The van der Waals surface area contributed by atoms with Crippen molar-refractivity contribution in [2.24, 2.45) is 0 Å². The standard InChI is InChI=1S/C28H30F4N4O3/c1-15(2)16-11-17(13-33-12-16)27(8-9-27)26-34-21-7-4-10-36(14-19(21)24(38)35-26)25(39)23(37)18-5-3-6-20(22(18)29)28(30,31)32/h3,5-6,11-13,15,23,25,37,39H,4,7-10,14H2,1-2H3,(H,34,35,38). The van der Waals surface area contributed by atoms with E-state index in [0.717, 1.165) is 36.1 Å². The molecule has 1 fully saturated rings. The number of aryl methyl sites for hydroxylation is 1. The molecule has 39 heavy (non-hydrogen) atoms. The summed E-state index contributed by atoms with van der Waals surface area (Å²) in [5.41, 5.74) is -0.0345. The number of aliphatic hydroxyl groups is 2. The predicted octanol–water partition coefficient (Wildman–Crippen LogP) is 4.33. The summed E-state index contributed by atoms with van der Waals surface area (Å²) >= 11 is 0. The van der Waals surface area contributed by atoms with Crippen LogP contribution in [-0.4, -0.2) is 42.8 Å². The van der Waals surface area contributed by atoms with Crippen LogP contribution >= 0.6 is 0 Å². The monoisotopic (exact) mass is 546 g/mol. The van der Waals surface area contributed by atoms with Gasteiger partial charge in [0.25, 0.3) is 5.56 Å². The number of H-pyrrole nitrogens is 1. The number of aromatic nitrogens is 3. The molecule has 208 valence electrons. The fourth-order valence-electron chi connectivity index (χ4n) is 5.28. The van der Waals surface area contributed by atoms with Gasteiger partial charge in [-0.3, -0.25) is 14.7 Å². The lowest BCUT2D eigenvalue weighted by Gasteiger charge is -2.30. The molecule has 3 aromatic rings. The molecule has 2 aliphatic rings. The molecule has 1 aromatic carbocycles. The molecule has 0 radical (unpaired) electrons. The quantitative estimate of drug-likeness (QED) is 0.398. The molecule has 3 heterocycles. The maximum atomic E-state index is 14.6. The number of benzene rings is 1. The number of hydrogen-bond donors (Lipinski definition) is 3. The van der Waals surface area contributed by atoms with Gasteiger partial charge in [-0.15, -0.1) is 0 Å². The summed E-state index contributed by atoms with van der Waals surface area (Å²) in [5, 5.41) is 21.5. The van der Waals surface area contributed by atoms with E-state index in [-0.39, 0.29) is 18.6 Å². The Morgan fingerprint density at radius 2 is 1.90 bits per heavy atom. The Hall–Kier alpha value is -3.15. The normalized spacial score (nSPS) is 18.9. The summed E-state index contributed by atoms with van der Waals surface area (Å²) in [5.74, 6) is -0.778. The topological polar surface area (TPSA) is 102 Å². The fraction of sp³-hybridized carbons (Fsp3) is 0.464. The predicted molar refractivity (Wildman–Crippen MR) is 134 cm³/mol. The third-order valence-electron chi connectivity index (χ3n) is 7.81. The molecule has 11 heteroatoms. The van der Waals surface area contributed by atoms with Crippen molar-refractivity contribution in [3.8, 4) is 0 Å². The maximum absolute atomic E-state index is 14.6. The zero-order valence-electron chi connectivity index (χ0n) is 21.6. The third kappa shape index (κ3) is 5.10. The van der Waals surface area contributed by atoms with Crippen LogP contribution in [0.1, 0.15) is 84.5 Å². The second-order valence-electron chi connectivity index (χ2n) is 10.7. The second kappa shape index (κ2) is 10.1. The van der Waals surface area contributed by atoms with Gasteiger partial charge in [-0.1, -0.05) is 32.0 Å². The van der Waals surface area contributed by atoms with E-state index in [1.165, 1.54) is 4.90 Å². The summed E-state index contributed by atoms with van der Waals surface area (Å²) in [4.78, 5) is 26.8. The number of nitrogens with zero attached hydrogens (tertiary/aromatic N) is 3. The minimum atomic E-state index is -4.95. The Bertz CT molecular complexity index is 1440. The number of rotatable bonds is 6. The lowest BCUT2D eigenvalue weighted by atomic mass is 9.93. The number of fused-ring (bicyclic) bond motifs is 1. The van der Waals surface area contributed by atoms with Gasteiger partial charge in [-0.05, 0) is 48.8 Å². The molecule has 1 saturated carbocycles. The smallest absolute Gasteiger partial charge is 0.384 e. The molecule has 1 aliphatic carbocycles. The van der Waals surface area contributed by atoms with Crippen LogP contribution in [0, 0.1) is 5.82 Å². The van der Waals surface area contributed by atoms with Crippen molar-refractivity contribution >= 4 is 0 Å². The van der Waals surface area contributed by atoms with Crippen LogP contribution in [-0.2, 0) is 24.6 Å². The van der Waals surface area contributed by atoms with Crippen molar-refractivity contribution < 1.29 is 27.8 Å². The first kappa shape index (κ1) is 27.4. The minimum absolute atomic E-state index is 0.103. The Morgan fingerprint density at radius 1 is 1.15 bits per heavy atom. The molecule has 5 rings (SSSR count). The third-order valence-corrected chi connectivity index (χ3v) is 7.81. The zero-order chi connectivity index (χ0) is 28.1. The Labute approximate surface area is 222 Å². The largest absolute Gasteiger partial charge is 0.419 e. The molecular formula is C28H30F4N4O3. The van der Waals surface area contributed by atoms with E-state index in [1.54, 1.807) is 6.20 Å². The average Bonchev–Trinajstić information content (AvgIpc) is 3.72. The summed E-state index contributed by atoms with van der Waals surface area (Å²) < 4.78 is 54.1. The van der Waals surface area contributed by atoms with Gasteiger partial charge in [0.1, 0.15) is 24.0 Å². The van der Waals surface area contributed by atoms with Gasteiger partial charge in [-0.25, -0.2) is 9.37 Å². The number of aliphatic hydroxyl groups excluding tert-OH is 2. The molecule has 1 aliphatic heterocycles. The SMILES string of the molecule is CC(C)c1cncc(C2(c3nc4c(c(=O)[nH]3)CN(C(O)C(O)c3cccc(C(F)(F)F)c3F)CCC4)CC2)c1. The van der Waals surface area contributed by atoms with E-state index in [1.807, 2.05) is 6.20 Å². The van der Waals surface area contributed by atoms with E-state index in [0.29, 0.717) is 41.9 Å². The second-order valence-corrected chi connectivity index (χ2v) is 10.7. The highest BCUT2D eigenvalue weighted by atomic mass is 19.4. The van der Waals surface area contributed by atoms with Gasteiger partial charge < -0.3 is 15.2 Å². The van der Waals surface area contributed by atoms with E-state index in [4.69, 9.17) is 4.98 Å². The number of alkyl halides is 3. The molecule has 2 unspecified atom stereocenters. The highest BCUT2D eigenvalue weighted by Crippen LogP contribution is 2.52. The molecule has 2 aromatic heterocycles. The maximum Gasteiger partial charge on any atom is 0.419 e. The molecule has 0 amide bonds. The number of halogens is 4. The Balaban J connectivity index is 1.42. The van der Waals surface area contributed by atoms with Crippen molar-refractivity contribution in [3.63, 3.8) is 0 Å². The van der Waals surface area contributed by atoms with E-state index in [9.17, 15) is 32.6 Å². The van der Waals surface area contributed by atoms with Gasteiger partial charge >= 0.3 is 6.18 Å². The number of hydrogen-bond acceptors (Lipinski definition) is 6.